The van der Waals surface area contributed by atoms with E-state index in [1.165, 1.54) is 11.8 Å². The first kappa shape index (κ1) is 16.5. The highest BCUT2D eigenvalue weighted by Gasteiger charge is 2.41. The number of ketones is 1. The Labute approximate surface area is 146 Å². The molecule has 1 N–H and O–H groups in total. The van der Waals surface area contributed by atoms with Crippen molar-refractivity contribution in [2.75, 3.05) is 6.26 Å². The Morgan fingerprint density at radius 1 is 0.833 bits per heavy atom. The minimum absolute atomic E-state index is 0.323. The van der Waals surface area contributed by atoms with Crippen molar-refractivity contribution in [1.82, 2.24) is 0 Å². The highest BCUT2D eigenvalue weighted by atomic mass is 32.2. The molecule has 1 unspecified atom stereocenters. The second-order valence-electron chi connectivity index (χ2n) is 5.47. The largest absolute Gasteiger partial charge is 0.373 e. The Hall–Kier alpha value is -2.36. The summed E-state index contributed by atoms with van der Waals surface area (Å²) < 4.78 is 0. The third kappa shape index (κ3) is 2.88. The quantitative estimate of drug-likeness (QED) is 0.550. The second kappa shape index (κ2) is 7.04. The number of aliphatic hydroxyl groups is 1. The summed E-state index contributed by atoms with van der Waals surface area (Å²) in [6, 6.07) is 25.6. The van der Waals surface area contributed by atoms with Gasteiger partial charge in [0, 0.05) is 16.0 Å². The summed E-state index contributed by atoms with van der Waals surface area (Å²) in [4.78, 5) is 14.2. The van der Waals surface area contributed by atoms with E-state index in [9.17, 15) is 9.90 Å². The van der Waals surface area contributed by atoms with E-state index < -0.39 is 5.60 Å². The van der Waals surface area contributed by atoms with Gasteiger partial charge in [-0.05, 0) is 17.9 Å². The van der Waals surface area contributed by atoms with E-state index in [-0.39, 0.29) is 5.78 Å². The lowest BCUT2D eigenvalue weighted by Gasteiger charge is -2.29. The SMILES string of the molecule is CSc1ccccc1C(O)(C(=O)c1ccccc1)c1ccccc1. The fraction of sp³-hybridized carbons (Fsp3) is 0.0952. The molecule has 0 aliphatic rings. The lowest BCUT2D eigenvalue weighted by atomic mass is 9.80. The molecule has 3 aromatic rings. The number of Topliss-reactive ketones (excluding diaryl/α,β-unsaturated/α-hetero) is 1. The molecule has 24 heavy (non-hydrogen) atoms. The maximum atomic E-state index is 13.3. The lowest BCUT2D eigenvalue weighted by molar-refractivity contribution is 0.0478. The van der Waals surface area contributed by atoms with Crippen LogP contribution in [-0.4, -0.2) is 17.1 Å². The van der Waals surface area contributed by atoms with Gasteiger partial charge in [0.1, 0.15) is 0 Å². The van der Waals surface area contributed by atoms with Crippen LogP contribution in [0.3, 0.4) is 0 Å². The highest BCUT2D eigenvalue weighted by molar-refractivity contribution is 7.98. The summed E-state index contributed by atoms with van der Waals surface area (Å²) in [5.41, 5.74) is -0.0555. The molecule has 0 aliphatic heterocycles. The van der Waals surface area contributed by atoms with Crippen molar-refractivity contribution in [1.29, 1.82) is 0 Å². The number of carbonyl (C=O) groups is 1. The molecular formula is C21H18O2S. The van der Waals surface area contributed by atoms with Crippen molar-refractivity contribution in [2.24, 2.45) is 0 Å². The molecule has 3 heteroatoms. The Morgan fingerprint density at radius 2 is 1.38 bits per heavy atom. The molecule has 0 spiro atoms. The Morgan fingerprint density at radius 3 is 2.00 bits per heavy atom. The summed E-state index contributed by atoms with van der Waals surface area (Å²) >= 11 is 1.52. The van der Waals surface area contributed by atoms with Crippen LogP contribution in [0.25, 0.3) is 0 Å². The zero-order valence-electron chi connectivity index (χ0n) is 13.3. The maximum Gasteiger partial charge on any atom is 0.203 e. The molecule has 0 saturated heterocycles. The Bertz CT molecular complexity index is 831. The predicted molar refractivity (Wildman–Crippen MR) is 98.4 cm³/mol. The summed E-state index contributed by atoms with van der Waals surface area (Å²) in [6.07, 6.45) is 1.94. The summed E-state index contributed by atoms with van der Waals surface area (Å²) in [6.45, 7) is 0. The van der Waals surface area contributed by atoms with E-state index in [4.69, 9.17) is 0 Å². The monoisotopic (exact) mass is 334 g/mol. The first-order chi connectivity index (χ1) is 11.7. The van der Waals surface area contributed by atoms with E-state index in [0.29, 0.717) is 16.7 Å². The van der Waals surface area contributed by atoms with Gasteiger partial charge in [0.2, 0.25) is 5.78 Å². The number of rotatable bonds is 5. The number of hydrogen-bond acceptors (Lipinski definition) is 3. The molecule has 2 nitrogen and oxygen atoms in total. The van der Waals surface area contributed by atoms with Crippen LogP contribution >= 0.6 is 11.8 Å². The molecular weight excluding hydrogens is 316 g/mol. The van der Waals surface area contributed by atoms with Crippen LogP contribution in [0.5, 0.6) is 0 Å². The van der Waals surface area contributed by atoms with Crippen molar-refractivity contribution in [2.45, 2.75) is 10.5 Å². The van der Waals surface area contributed by atoms with Crippen LogP contribution in [0.1, 0.15) is 21.5 Å². The van der Waals surface area contributed by atoms with Gasteiger partial charge < -0.3 is 5.11 Å². The topological polar surface area (TPSA) is 37.3 Å². The molecule has 0 radical (unpaired) electrons. The summed E-state index contributed by atoms with van der Waals surface area (Å²) in [5.74, 6) is -0.323. The number of carbonyl (C=O) groups excluding carboxylic acids is 1. The molecule has 0 heterocycles. The zero-order chi connectivity index (χ0) is 17.0. The van der Waals surface area contributed by atoms with Gasteiger partial charge in [0.15, 0.2) is 5.60 Å². The minimum atomic E-state index is -1.72. The number of thioether (sulfide) groups is 1. The smallest absolute Gasteiger partial charge is 0.203 e. The second-order valence-corrected chi connectivity index (χ2v) is 6.32. The molecule has 0 fully saturated rings. The van der Waals surface area contributed by atoms with E-state index in [2.05, 4.69) is 0 Å². The first-order valence-corrected chi connectivity index (χ1v) is 8.91. The van der Waals surface area contributed by atoms with Crippen molar-refractivity contribution >= 4 is 17.5 Å². The third-order valence-electron chi connectivity index (χ3n) is 4.05. The third-order valence-corrected chi connectivity index (χ3v) is 4.85. The van der Waals surface area contributed by atoms with Gasteiger partial charge in [0.05, 0.1) is 0 Å². The average Bonchev–Trinajstić information content (AvgIpc) is 2.68. The molecule has 1 atom stereocenters. The van der Waals surface area contributed by atoms with Gasteiger partial charge in [-0.1, -0.05) is 78.9 Å². The number of hydrogen-bond donors (Lipinski definition) is 1. The van der Waals surface area contributed by atoms with Crippen LogP contribution in [0, 0.1) is 0 Å². The standard InChI is InChI=1S/C21H18O2S/c1-24-19-15-9-8-14-18(19)21(23,17-12-6-3-7-13-17)20(22)16-10-4-2-5-11-16/h2-15,23H,1H3. The van der Waals surface area contributed by atoms with Crippen LogP contribution in [0.15, 0.2) is 89.8 Å². The fourth-order valence-electron chi connectivity index (χ4n) is 2.83. The fourth-order valence-corrected chi connectivity index (χ4v) is 3.48. The van der Waals surface area contributed by atoms with Crippen molar-refractivity contribution in [3.8, 4) is 0 Å². The van der Waals surface area contributed by atoms with Gasteiger partial charge in [0.25, 0.3) is 0 Å². The first-order valence-electron chi connectivity index (χ1n) is 7.69. The molecule has 3 rings (SSSR count). The summed E-state index contributed by atoms with van der Waals surface area (Å²) in [5, 5.41) is 11.6. The summed E-state index contributed by atoms with van der Waals surface area (Å²) in [7, 11) is 0. The zero-order valence-corrected chi connectivity index (χ0v) is 14.2. The van der Waals surface area contributed by atoms with Gasteiger partial charge >= 0.3 is 0 Å². The van der Waals surface area contributed by atoms with Crippen LogP contribution in [0.4, 0.5) is 0 Å². The van der Waals surface area contributed by atoms with Crippen molar-refractivity contribution in [3.63, 3.8) is 0 Å². The lowest BCUT2D eigenvalue weighted by Crippen LogP contribution is -2.37. The number of benzene rings is 3. The maximum absolute atomic E-state index is 13.3. The van der Waals surface area contributed by atoms with Crippen molar-refractivity contribution < 1.29 is 9.90 Å². The van der Waals surface area contributed by atoms with Gasteiger partial charge in [-0.15, -0.1) is 11.8 Å². The Kier molecular flexibility index (Phi) is 4.84. The minimum Gasteiger partial charge on any atom is -0.373 e. The van der Waals surface area contributed by atoms with Gasteiger partial charge in [-0.3, -0.25) is 4.79 Å². The van der Waals surface area contributed by atoms with Gasteiger partial charge in [-0.2, -0.15) is 0 Å². The molecule has 0 saturated carbocycles. The molecule has 3 aromatic carbocycles. The van der Waals surface area contributed by atoms with E-state index >= 15 is 0 Å². The van der Waals surface area contributed by atoms with E-state index in [1.807, 2.05) is 54.8 Å². The predicted octanol–water partition coefficient (Wildman–Crippen LogP) is 4.53. The van der Waals surface area contributed by atoms with Crippen LogP contribution < -0.4 is 0 Å². The molecule has 0 aromatic heterocycles. The van der Waals surface area contributed by atoms with Gasteiger partial charge in [-0.25, -0.2) is 0 Å². The van der Waals surface area contributed by atoms with Crippen LogP contribution in [0.2, 0.25) is 0 Å². The van der Waals surface area contributed by atoms with E-state index in [0.717, 1.165) is 4.90 Å². The molecule has 0 aliphatic carbocycles. The highest BCUT2D eigenvalue weighted by Crippen LogP contribution is 2.38. The molecule has 120 valence electrons. The van der Waals surface area contributed by atoms with E-state index in [1.54, 1.807) is 36.4 Å². The molecule has 0 amide bonds. The Balaban J connectivity index is 2.24. The molecule has 0 bridgehead atoms. The normalized spacial score (nSPS) is 13.2. The average molecular weight is 334 g/mol. The van der Waals surface area contributed by atoms with Crippen LogP contribution in [-0.2, 0) is 5.60 Å². The van der Waals surface area contributed by atoms with Crippen molar-refractivity contribution in [3.05, 3.63) is 102 Å².